The first kappa shape index (κ1) is 18.8. The fraction of sp³-hybridized carbons (Fsp3) is 0.588. The second kappa shape index (κ2) is 8.39. The Morgan fingerprint density at radius 3 is 2.45 bits per heavy atom. The maximum atomic E-state index is 12.2. The summed E-state index contributed by atoms with van der Waals surface area (Å²) < 4.78 is 5.14. The number of nitrogens with two attached hydrogens (primary N) is 1. The summed E-state index contributed by atoms with van der Waals surface area (Å²) in [7, 11) is 1.66. The lowest BCUT2D eigenvalue weighted by Crippen LogP contribution is -2.54. The van der Waals surface area contributed by atoms with Crippen molar-refractivity contribution in [1.29, 1.82) is 0 Å². The van der Waals surface area contributed by atoms with Crippen LogP contribution >= 0.6 is 12.4 Å². The third-order valence-electron chi connectivity index (χ3n) is 4.35. The Labute approximate surface area is 139 Å². The average Bonchev–Trinajstić information content (AvgIpc) is 2.94. The Kier molecular flexibility index (Phi) is 7.17. The number of ether oxygens (including phenoxy) is 1. The molecule has 1 unspecified atom stereocenters. The molecule has 1 amide bonds. The lowest BCUT2D eigenvalue weighted by atomic mass is 9.97. The number of nitrogens with one attached hydrogen (secondary N) is 1. The van der Waals surface area contributed by atoms with Crippen LogP contribution in [0.5, 0.6) is 5.75 Å². The van der Waals surface area contributed by atoms with Crippen molar-refractivity contribution >= 4 is 18.3 Å². The molecule has 1 atom stereocenters. The number of methoxy groups -OCH3 is 1. The molecule has 2 rings (SSSR count). The number of carbonyl (C=O) groups is 1. The summed E-state index contributed by atoms with van der Waals surface area (Å²) in [6, 6.07) is 8.20. The van der Waals surface area contributed by atoms with E-state index in [2.05, 4.69) is 17.4 Å². The number of halogens is 1. The van der Waals surface area contributed by atoms with Crippen molar-refractivity contribution in [2.24, 2.45) is 5.73 Å². The van der Waals surface area contributed by atoms with E-state index >= 15 is 0 Å². The van der Waals surface area contributed by atoms with Gasteiger partial charge in [-0.25, -0.2) is 0 Å². The minimum absolute atomic E-state index is 0. The van der Waals surface area contributed by atoms with E-state index in [1.807, 2.05) is 19.1 Å². The van der Waals surface area contributed by atoms with Gasteiger partial charge in [0, 0.05) is 6.04 Å². The van der Waals surface area contributed by atoms with Gasteiger partial charge in [0.2, 0.25) is 5.91 Å². The molecule has 1 fully saturated rings. The first-order valence-corrected chi connectivity index (χ1v) is 7.76. The third kappa shape index (κ3) is 4.89. The smallest absolute Gasteiger partial charge is 0.240 e. The first-order valence-electron chi connectivity index (χ1n) is 7.76. The van der Waals surface area contributed by atoms with Crippen molar-refractivity contribution < 1.29 is 9.53 Å². The highest BCUT2D eigenvalue weighted by atomic mass is 35.5. The summed E-state index contributed by atoms with van der Waals surface area (Å²) in [5.41, 5.74) is 6.78. The monoisotopic (exact) mass is 326 g/mol. The normalized spacial score (nSPS) is 17.4. The Balaban J connectivity index is 0.00000242. The van der Waals surface area contributed by atoms with Gasteiger partial charge in [-0.2, -0.15) is 0 Å². The topological polar surface area (TPSA) is 64.3 Å². The second-order valence-electron chi connectivity index (χ2n) is 6.12. The molecular weight excluding hydrogens is 300 g/mol. The molecule has 1 aliphatic rings. The van der Waals surface area contributed by atoms with Crippen LogP contribution in [0, 0.1) is 0 Å². The van der Waals surface area contributed by atoms with Crippen molar-refractivity contribution in [2.75, 3.05) is 7.11 Å². The van der Waals surface area contributed by atoms with Gasteiger partial charge in [0.1, 0.15) is 5.75 Å². The van der Waals surface area contributed by atoms with Crippen LogP contribution in [0.15, 0.2) is 24.3 Å². The fourth-order valence-corrected chi connectivity index (χ4v) is 2.85. The Hall–Kier alpha value is -1.26. The molecule has 1 saturated carbocycles. The molecule has 1 aromatic carbocycles. The molecule has 124 valence electrons. The standard InChI is InChI=1S/C17H26N2O2.ClH/c1-13(19-16(20)17(18)11-3-4-12-17)5-6-14-7-9-15(21-2)10-8-14;/h7-10,13H,3-6,11-12,18H2,1-2H3,(H,19,20);1H. The fourth-order valence-electron chi connectivity index (χ4n) is 2.85. The van der Waals surface area contributed by atoms with E-state index in [4.69, 9.17) is 10.5 Å². The van der Waals surface area contributed by atoms with Gasteiger partial charge in [0.25, 0.3) is 0 Å². The van der Waals surface area contributed by atoms with Crippen molar-refractivity contribution in [3.05, 3.63) is 29.8 Å². The number of hydrogen-bond donors (Lipinski definition) is 2. The van der Waals surface area contributed by atoms with Gasteiger partial charge in [-0.3, -0.25) is 4.79 Å². The van der Waals surface area contributed by atoms with Crippen LogP contribution in [-0.2, 0) is 11.2 Å². The average molecular weight is 327 g/mol. The zero-order valence-electron chi connectivity index (χ0n) is 13.4. The largest absolute Gasteiger partial charge is 0.497 e. The van der Waals surface area contributed by atoms with Crippen LogP contribution in [-0.4, -0.2) is 24.6 Å². The predicted molar refractivity (Wildman–Crippen MR) is 91.6 cm³/mol. The quantitative estimate of drug-likeness (QED) is 0.845. The molecule has 0 radical (unpaired) electrons. The van der Waals surface area contributed by atoms with Crippen molar-refractivity contribution in [2.45, 2.75) is 57.0 Å². The number of aryl methyl sites for hydroxylation is 1. The van der Waals surface area contributed by atoms with Crippen LogP contribution in [0.2, 0.25) is 0 Å². The maximum Gasteiger partial charge on any atom is 0.240 e. The van der Waals surface area contributed by atoms with Crippen LogP contribution < -0.4 is 15.8 Å². The molecule has 0 aromatic heterocycles. The molecule has 0 saturated heterocycles. The van der Waals surface area contributed by atoms with Crippen LogP contribution in [0.4, 0.5) is 0 Å². The highest BCUT2D eigenvalue weighted by molar-refractivity contribution is 5.86. The molecule has 0 bridgehead atoms. The Morgan fingerprint density at radius 1 is 1.32 bits per heavy atom. The molecule has 5 heteroatoms. The van der Waals surface area contributed by atoms with Crippen LogP contribution in [0.3, 0.4) is 0 Å². The van der Waals surface area contributed by atoms with E-state index in [1.54, 1.807) is 7.11 Å². The highest BCUT2D eigenvalue weighted by Crippen LogP contribution is 2.27. The number of benzene rings is 1. The van der Waals surface area contributed by atoms with Gasteiger partial charge < -0.3 is 15.8 Å². The van der Waals surface area contributed by atoms with E-state index < -0.39 is 5.54 Å². The summed E-state index contributed by atoms with van der Waals surface area (Å²) in [5.74, 6) is 0.883. The van der Waals surface area contributed by atoms with Gasteiger partial charge in [-0.1, -0.05) is 25.0 Å². The zero-order valence-corrected chi connectivity index (χ0v) is 14.2. The molecule has 0 heterocycles. The summed E-state index contributed by atoms with van der Waals surface area (Å²) in [5, 5.41) is 3.07. The number of rotatable bonds is 6. The lowest BCUT2D eigenvalue weighted by molar-refractivity contribution is -0.126. The predicted octanol–water partition coefficient (Wildman–Crippen LogP) is 2.83. The van der Waals surface area contributed by atoms with Crippen molar-refractivity contribution in [3.8, 4) is 5.75 Å². The molecular formula is C17H27ClN2O2. The molecule has 22 heavy (non-hydrogen) atoms. The molecule has 4 nitrogen and oxygen atoms in total. The zero-order chi connectivity index (χ0) is 15.3. The van der Waals surface area contributed by atoms with E-state index in [0.29, 0.717) is 0 Å². The summed E-state index contributed by atoms with van der Waals surface area (Å²) in [6.45, 7) is 2.04. The van der Waals surface area contributed by atoms with Crippen molar-refractivity contribution in [3.63, 3.8) is 0 Å². The Morgan fingerprint density at radius 2 is 1.91 bits per heavy atom. The van der Waals surface area contributed by atoms with E-state index in [0.717, 1.165) is 44.3 Å². The first-order chi connectivity index (χ1) is 10.0. The van der Waals surface area contributed by atoms with E-state index in [-0.39, 0.29) is 24.4 Å². The lowest BCUT2D eigenvalue weighted by Gasteiger charge is -2.25. The van der Waals surface area contributed by atoms with E-state index in [9.17, 15) is 4.79 Å². The second-order valence-corrected chi connectivity index (χ2v) is 6.12. The van der Waals surface area contributed by atoms with Crippen LogP contribution in [0.25, 0.3) is 0 Å². The van der Waals surface area contributed by atoms with Gasteiger partial charge in [0.05, 0.1) is 12.6 Å². The van der Waals surface area contributed by atoms with Crippen LogP contribution in [0.1, 0.15) is 44.6 Å². The van der Waals surface area contributed by atoms with Gasteiger partial charge in [-0.05, 0) is 50.3 Å². The molecule has 0 spiro atoms. The number of amides is 1. The molecule has 3 N–H and O–H groups in total. The summed E-state index contributed by atoms with van der Waals surface area (Å²) in [6.07, 6.45) is 5.58. The molecule has 0 aliphatic heterocycles. The Bertz CT molecular complexity index is 470. The van der Waals surface area contributed by atoms with Crippen molar-refractivity contribution in [1.82, 2.24) is 5.32 Å². The minimum Gasteiger partial charge on any atom is -0.497 e. The molecule has 1 aromatic rings. The maximum absolute atomic E-state index is 12.2. The molecule has 1 aliphatic carbocycles. The number of carbonyl (C=O) groups excluding carboxylic acids is 1. The van der Waals surface area contributed by atoms with Gasteiger partial charge >= 0.3 is 0 Å². The number of hydrogen-bond acceptors (Lipinski definition) is 3. The summed E-state index contributed by atoms with van der Waals surface area (Å²) in [4.78, 5) is 12.2. The van der Waals surface area contributed by atoms with E-state index in [1.165, 1.54) is 5.56 Å². The SMILES string of the molecule is COc1ccc(CCC(C)NC(=O)C2(N)CCCC2)cc1.Cl. The summed E-state index contributed by atoms with van der Waals surface area (Å²) >= 11 is 0. The van der Waals surface area contributed by atoms with Gasteiger partial charge in [0.15, 0.2) is 0 Å². The third-order valence-corrected chi connectivity index (χ3v) is 4.35. The highest BCUT2D eigenvalue weighted by Gasteiger charge is 2.37. The van der Waals surface area contributed by atoms with Gasteiger partial charge in [-0.15, -0.1) is 12.4 Å². The minimum atomic E-state index is -0.631.